The van der Waals surface area contributed by atoms with Crippen LogP contribution in [0.15, 0.2) is 48.5 Å². The smallest absolute Gasteiger partial charge is 0.313 e. The molecule has 2 aromatic rings. The number of hydrogen-bond acceptors (Lipinski definition) is 4. The van der Waals surface area contributed by atoms with E-state index < -0.39 is 10.7 Å². The highest BCUT2D eigenvalue weighted by Crippen LogP contribution is 2.29. The minimum absolute atomic E-state index is 0.000750. The van der Waals surface area contributed by atoms with Crippen molar-refractivity contribution in [3.63, 3.8) is 0 Å². The van der Waals surface area contributed by atoms with Gasteiger partial charge in [0.15, 0.2) is 5.75 Å². The van der Waals surface area contributed by atoms with Crippen molar-refractivity contribution in [1.29, 1.82) is 0 Å². The molecule has 0 heterocycles. The summed E-state index contributed by atoms with van der Waals surface area (Å²) in [6, 6.07) is 12.9. The Kier molecular flexibility index (Phi) is 5.16. The second-order valence-corrected chi connectivity index (χ2v) is 4.84. The van der Waals surface area contributed by atoms with Crippen molar-refractivity contribution < 1.29 is 14.1 Å². The molecule has 0 N–H and O–H groups in total. The van der Waals surface area contributed by atoms with Gasteiger partial charge in [0.1, 0.15) is 5.82 Å². The molecule has 0 fully saturated rings. The third-order valence-corrected chi connectivity index (χ3v) is 3.49. The Morgan fingerprint density at radius 2 is 1.95 bits per heavy atom. The van der Waals surface area contributed by atoms with Crippen LogP contribution >= 0.6 is 12.6 Å². The molecule has 0 radical (unpaired) electrons. The molecular weight excluding hydrogens is 293 g/mol. The van der Waals surface area contributed by atoms with E-state index in [1.807, 2.05) is 30.3 Å². The zero-order valence-corrected chi connectivity index (χ0v) is 12.0. The highest BCUT2D eigenvalue weighted by molar-refractivity contribution is 7.80. The van der Waals surface area contributed by atoms with Crippen LogP contribution in [0.1, 0.15) is 11.5 Å². The molecule has 0 aliphatic rings. The molecule has 110 valence electrons. The summed E-state index contributed by atoms with van der Waals surface area (Å²) in [4.78, 5) is 10.2. The first-order chi connectivity index (χ1) is 10.1. The number of hydrogen-bond donors (Lipinski definition) is 1. The Labute approximate surface area is 127 Å². The van der Waals surface area contributed by atoms with Gasteiger partial charge in [0.2, 0.25) is 0 Å². The van der Waals surface area contributed by atoms with Crippen molar-refractivity contribution in [2.45, 2.75) is 5.92 Å². The maximum Gasteiger partial charge on any atom is 0.313 e. The summed E-state index contributed by atoms with van der Waals surface area (Å²) in [5, 5.41) is 10.9. The normalized spacial score (nSPS) is 11.9. The first-order valence-corrected chi connectivity index (χ1v) is 6.97. The summed E-state index contributed by atoms with van der Waals surface area (Å²) in [5.74, 6) is -0.0647. The van der Waals surface area contributed by atoms with E-state index in [-0.39, 0.29) is 24.0 Å². The number of halogens is 1. The summed E-state index contributed by atoms with van der Waals surface area (Å²) < 4.78 is 18.6. The number of benzene rings is 2. The van der Waals surface area contributed by atoms with Crippen LogP contribution in [0.5, 0.6) is 5.75 Å². The van der Waals surface area contributed by atoms with Crippen LogP contribution in [0.25, 0.3) is 0 Å². The Balaban J connectivity index is 2.14. The van der Waals surface area contributed by atoms with Gasteiger partial charge in [-0.15, -0.1) is 0 Å². The standard InChI is InChI=1S/C15H14FNO3S/c16-13-6-7-15(14(8-13)17(18)19)20-9-12(10-21)11-4-2-1-3-5-11/h1-8,12,21H,9-10H2. The fourth-order valence-electron chi connectivity index (χ4n) is 1.93. The molecule has 0 saturated carbocycles. The summed E-state index contributed by atoms with van der Waals surface area (Å²) in [6.45, 7) is 0.236. The maximum atomic E-state index is 13.1. The molecule has 21 heavy (non-hydrogen) atoms. The molecule has 2 rings (SSSR count). The Bertz CT molecular complexity index is 622. The molecule has 0 aromatic heterocycles. The third kappa shape index (κ3) is 3.95. The number of nitrogens with zero attached hydrogens (tertiary/aromatic N) is 1. The Morgan fingerprint density at radius 1 is 1.24 bits per heavy atom. The average Bonchev–Trinajstić information content (AvgIpc) is 2.50. The zero-order valence-electron chi connectivity index (χ0n) is 11.1. The lowest BCUT2D eigenvalue weighted by atomic mass is 10.0. The molecule has 2 aromatic carbocycles. The quantitative estimate of drug-likeness (QED) is 0.501. The lowest BCUT2D eigenvalue weighted by molar-refractivity contribution is -0.386. The molecule has 6 heteroatoms. The molecule has 0 amide bonds. The topological polar surface area (TPSA) is 52.4 Å². The van der Waals surface area contributed by atoms with Gasteiger partial charge in [-0.3, -0.25) is 10.1 Å². The SMILES string of the molecule is O=[N+]([O-])c1cc(F)ccc1OCC(CS)c1ccccc1. The third-order valence-electron chi connectivity index (χ3n) is 3.05. The summed E-state index contributed by atoms with van der Waals surface area (Å²) in [7, 11) is 0. The fourth-order valence-corrected chi connectivity index (χ4v) is 2.24. The molecule has 0 saturated heterocycles. The molecular formula is C15H14FNO3S. The van der Waals surface area contributed by atoms with Crippen LogP contribution < -0.4 is 4.74 Å². The van der Waals surface area contributed by atoms with E-state index >= 15 is 0 Å². The molecule has 1 atom stereocenters. The number of thiol groups is 1. The first-order valence-electron chi connectivity index (χ1n) is 6.34. The number of nitro groups is 1. The van der Waals surface area contributed by atoms with E-state index in [2.05, 4.69) is 12.6 Å². The number of ether oxygens (including phenoxy) is 1. The van der Waals surface area contributed by atoms with E-state index in [4.69, 9.17) is 4.74 Å². The predicted octanol–water partition coefficient (Wildman–Crippen LogP) is 3.83. The minimum Gasteiger partial charge on any atom is -0.486 e. The summed E-state index contributed by atoms with van der Waals surface area (Å²) in [6.07, 6.45) is 0. The maximum absolute atomic E-state index is 13.1. The van der Waals surface area contributed by atoms with Crippen molar-refractivity contribution in [1.82, 2.24) is 0 Å². The Morgan fingerprint density at radius 3 is 2.57 bits per heavy atom. The van der Waals surface area contributed by atoms with Crippen LogP contribution in [0, 0.1) is 15.9 Å². The van der Waals surface area contributed by atoms with Crippen LogP contribution in [0.2, 0.25) is 0 Å². The van der Waals surface area contributed by atoms with Gasteiger partial charge in [0.25, 0.3) is 0 Å². The lowest BCUT2D eigenvalue weighted by Crippen LogP contribution is -2.12. The van der Waals surface area contributed by atoms with Crippen molar-refractivity contribution >= 4 is 18.3 Å². The molecule has 0 aliphatic carbocycles. The van der Waals surface area contributed by atoms with E-state index in [9.17, 15) is 14.5 Å². The molecule has 0 spiro atoms. The predicted molar refractivity (Wildman–Crippen MR) is 81.6 cm³/mol. The van der Waals surface area contributed by atoms with Crippen LogP contribution in [0.3, 0.4) is 0 Å². The number of nitro benzene ring substituents is 1. The van der Waals surface area contributed by atoms with E-state index in [1.165, 1.54) is 6.07 Å². The van der Waals surface area contributed by atoms with Crippen molar-refractivity contribution in [3.8, 4) is 5.75 Å². The van der Waals surface area contributed by atoms with Gasteiger partial charge >= 0.3 is 5.69 Å². The van der Waals surface area contributed by atoms with Crippen LogP contribution in [-0.4, -0.2) is 17.3 Å². The highest BCUT2D eigenvalue weighted by Gasteiger charge is 2.18. The van der Waals surface area contributed by atoms with E-state index in [0.717, 1.165) is 17.7 Å². The zero-order chi connectivity index (χ0) is 15.2. The van der Waals surface area contributed by atoms with Gasteiger partial charge in [0, 0.05) is 11.7 Å². The van der Waals surface area contributed by atoms with Crippen molar-refractivity contribution in [2.24, 2.45) is 0 Å². The minimum atomic E-state index is -0.664. The monoisotopic (exact) mass is 307 g/mol. The molecule has 0 bridgehead atoms. The van der Waals surface area contributed by atoms with Crippen molar-refractivity contribution in [3.05, 3.63) is 70.0 Å². The summed E-state index contributed by atoms with van der Waals surface area (Å²) >= 11 is 4.28. The van der Waals surface area contributed by atoms with E-state index in [1.54, 1.807) is 0 Å². The highest BCUT2D eigenvalue weighted by atomic mass is 32.1. The van der Waals surface area contributed by atoms with Gasteiger partial charge in [-0.1, -0.05) is 30.3 Å². The average molecular weight is 307 g/mol. The summed E-state index contributed by atoms with van der Waals surface area (Å²) in [5.41, 5.74) is 0.665. The number of rotatable bonds is 6. The van der Waals surface area contributed by atoms with Crippen molar-refractivity contribution in [2.75, 3.05) is 12.4 Å². The molecule has 4 nitrogen and oxygen atoms in total. The second-order valence-electron chi connectivity index (χ2n) is 4.47. The molecule has 0 aliphatic heterocycles. The van der Waals surface area contributed by atoms with E-state index in [0.29, 0.717) is 5.75 Å². The second kappa shape index (κ2) is 7.08. The van der Waals surface area contributed by atoms with Gasteiger partial charge in [-0.05, 0) is 17.7 Å². The first kappa shape index (κ1) is 15.3. The van der Waals surface area contributed by atoms with Crippen LogP contribution in [0.4, 0.5) is 10.1 Å². The van der Waals surface area contributed by atoms with Crippen LogP contribution in [-0.2, 0) is 0 Å². The van der Waals surface area contributed by atoms with Gasteiger partial charge in [-0.25, -0.2) is 4.39 Å². The largest absolute Gasteiger partial charge is 0.486 e. The molecule has 1 unspecified atom stereocenters. The lowest BCUT2D eigenvalue weighted by Gasteiger charge is -2.16. The van der Waals surface area contributed by atoms with Gasteiger partial charge < -0.3 is 4.74 Å². The fraction of sp³-hybridized carbons (Fsp3) is 0.200. The van der Waals surface area contributed by atoms with Gasteiger partial charge in [-0.2, -0.15) is 12.6 Å². The van der Waals surface area contributed by atoms with Gasteiger partial charge in [0.05, 0.1) is 17.6 Å². The Hall–Kier alpha value is -2.08.